The fourth-order valence-corrected chi connectivity index (χ4v) is 1.13. The molecule has 7 nitrogen and oxygen atoms in total. The van der Waals surface area contributed by atoms with Crippen molar-refractivity contribution in [1.82, 2.24) is 4.90 Å². The number of nitrogens with zero attached hydrogens (tertiary/aromatic N) is 4. The molecule has 0 unspecified atom stereocenters. The monoisotopic (exact) mass is 186 g/mol. The van der Waals surface area contributed by atoms with Gasteiger partial charge < -0.3 is 14.7 Å². The molecule has 1 rings (SSSR count). The number of hydrogen-bond acceptors (Lipinski definition) is 3. The molecule has 7 heteroatoms. The Balaban J connectivity index is 2.41. The molecule has 1 saturated heterocycles. The molecule has 0 aromatic rings. The number of carbonyl (C=O) groups is 1. The van der Waals surface area contributed by atoms with Crippen molar-refractivity contribution in [2.75, 3.05) is 26.2 Å². The first kappa shape index (κ1) is 9.63. The van der Waals surface area contributed by atoms with Crippen molar-refractivity contribution in [3.8, 4) is 0 Å². The number of morpholine rings is 1. The van der Waals surface area contributed by atoms with Gasteiger partial charge in [0.1, 0.15) is 0 Å². The minimum Gasteiger partial charge on any atom is -0.465 e. The van der Waals surface area contributed by atoms with E-state index in [0.29, 0.717) is 13.2 Å². The van der Waals surface area contributed by atoms with Gasteiger partial charge in [-0.3, -0.25) is 0 Å². The van der Waals surface area contributed by atoms with E-state index in [4.69, 9.17) is 15.4 Å². The molecule has 1 amide bonds. The summed E-state index contributed by atoms with van der Waals surface area (Å²) in [7, 11) is 0. The summed E-state index contributed by atoms with van der Waals surface area (Å²) in [5, 5.41) is 12.0. The number of azide groups is 1. The van der Waals surface area contributed by atoms with Gasteiger partial charge in [-0.2, -0.15) is 0 Å². The van der Waals surface area contributed by atoms with Crippen LogP contribution < -0.4 is 0 Å². The van der Waals surface area contributed by atoms with Crippen molar-refractivity contribution in [1.29, 1.82) is 0 Å². The third kappa shape index (κ3) is 2.81. The van der Waals surface area contributed by atoms with E-state index in [2.05, 4.69) is 10.0 Å². The van der Waals surface area contributed by atoms with Gasteiger partial charge in [0, 0.05) is 11.5 Å². The maximum Gasteiger partial charge on any atom is 0.407 e. The third-order valence-corrected chi connectivity index (χ3v) is 1.76. The van der Waals surface area contributed by atoms with E-state index in [1.54, 1.807) is 0 Å². The largest absolute Gasteiger partial charge is 0.465 e. The minimum absolute atomic E-state index is 0.181. The summed E-state index contributed by atoms with van der Waals surface area (Å²) in [5.74, 6) is 0. The maximum absolute atomic E-state index is 10.5. The van der Waals surface area contributed by atoms with Gasteiger partial charge in [0.15, 0.2) is 0 Å². The lowest BCUT2D eigenvalue weighted by molar-refractivity contribution is -0.0166. The Hall–Kier alpha value is -1.46. The van der Waals surface area contributed by atoms with Gasteiger partial charge >= 0.3 is 6.09 Å². The molecular formula is C6H10N4O3. The third-order valence-electron chi connectivity index (χ3n) is 1.76. The maximum atomic E-state index is 10.5. The Morgan fingerprint density at radius 3 is 3.23 bits per heavy atom. The smallest absolute Gasteiger partial charge is 0.407 e. The predicted molar refractivity (Wildman–Crippen MR) is 43.4 cm³/mol. The second-order valence-electron chi connectivity index (χ2n) is 2.63. The zero-order valence-corrected chi connectivity index (χ0v) is 6.96. The van der Waals surface area contributed by atoms with Gasteiger partial charge in [-0.05, 0) is 5.53 Å². The van der Waals surface area contributed by atoms with Crippen LogP contribution in [0.3, 0.4) is 0 Å². The predicted octanol–water partition coefficient (Wildman–Crippen LogP) is 0.675. The fraction of sp³-hybridized carbons (Fsp3) is 0.833. The molecule has 0 spiro atoms. The highest BCUT2D eigenvalue weighted by atomic mass is 16.5. The van der Waals surface area contributed by atoms with Crippen molar-refractivity contribution in [3.63, 3.8) is 0 Å². The summed E-state index contributed by atoms with van der Waals surface area (Å²) in [6.07, 6.45) is -1.27. The van der Waals surface area contributed by atoms with Crippen LogP contribution in [-0.4, -0.2) is 48.4 Å². The van der Waals surface area contributed by atoms with E-state index in [-0.39, 0.29) is 19.2 Å². The zero-order chi connectivity index (χ0) is 9.68. The Morgan fingerprint density at radius 2 is 2.62 bits per heavy atom. The second kappa shape index (κ2) is 4.54. The highest BCUT2D eigenvalue weighted by Crippen LogP contribution is 2.05. The number of amides is 1. The van der Waals surface area contributed by atoms with Crippen LogP contribution in [-0.2, 0) is 4.74 Å². The molecule has 0 aromatic carbocycles. The topological polar surface area (TPSA) is 98.5 Å². The van der Waals surface area contributed by atoms with E-state index in [1.807, 2.05) is 0 Å². The van der Waals surface area contributed by atoms with Crippen LogP contribution in [0.5, 0.6) is 0 Å². The normalized spacial score (nSPS) is 22.2. The zero-order valence-electron chi connectivity index (χ0n) is 6.96. The quantitative estimate of drug-likeness (QED) is 0.389. The molecule has 1 N–H and O–H groups in total. The van der Waals surface area contributed by atoms with Gasteiger partial charge in [-0.1, -0.05) is 5.11 Å². The molecule has 72 valence electrons. The lowest BCUT2D eigenvalue weighted by Gasteiger charge is -2.29. The summed E-state index contributed by atoms with van der Waals surface area (Å²) < 4.78 is 5.19. The first-order chi connectivity index (χ1) is 6.24. The van der Waals surface area contributed by atoms with Crippen molar-refractivity contribution < 1.29 is 14.6 Å². The molecular weight excluding hydrogens is 176 g/mol. The van der Waals surface area contributed by atoms with Crippen molar-refractivity contribution >= 4 is 6.09 Å². The molecule has 0 aliphatic carbocycles. The number of ether oxygens (including phenoxy) is 1. The Bertz CT molecular complexity index is 238. The van der Waals surface area contributed by atoms with Crippen LogP contribution in [0.25, 0.3) is 10.4 Å². The highest BCUT2D eigenvalue weighted by Gasteiger charge is 2.22. The van der Waals surface area contributed by atoms with E-state index >= 15 is 0 Å². The van der Waals surface area contributed by atoms with E-state index in [1.165, 1.54) is 4.90 Å². The summed E-state index contributed by atoms with van der Waals surface area (Å²) >= 11 is 0. The van der Waals surface area contributed by atoms with Crippen LogP contribution in [0, 0.1) is 0 Å². The van der Waals surface area contributed by atoms with Gasteiger partial charge in [0.25, 0.3) is 0 Å². The summed E-state index contributed by atoms with van der Waals surface area (Å²) in [5.41, 5.74) is 8.04. The minimum atomic E-state index is -0.964. The van der Waals surface area contributed by atoms with Crippen LogP contribution in [0.2, 0.25) is 0 Å². The van der Waals surface area contributed by atoms with Gasteiger partial charge in [-0.15, -0.1) is 0 Å². The number of carboxylic acid groups (broad SMARTS) is 1. The molecule has 1 heterocycles. The molecule has 1 aliphatic rings. The lowest BCUT2D eigenvalue weighted by atomic mass is 10.3. The molecule has 0 bridgehead atoms. The van der Waals surface area contributed by atoms with Crippen molar-refractivity contribution in [3.05, 3.63) is 10.4 Å². The molecule has 0 saturated carbocycles. The molecule has 1 atom stereocenters. The van der Waals surface area contributed by atoms with Crippen LogP contribution >= 0.6 is 0 Å². The number of hydrogen-bond donors (Lipinski definition) is 1. The lowest BCUT2D eigenvalue weighted by Crippen LogP contribution is -2.46. The van der Waals surface area contributed by atoms with Crippen LogP contribution in [0.1, 0.15) is 0 Å². The average Bonchev–Trinajstić information content (AvgIpc) is 2.15. The first-order valence-corrected chi connectivity index (χ1v) is 3.84. The highest BCUT2D eigenvalue weighted by molar-refractivity contribution is 5.65. The Labute approximate surface area is 74.5 Å². The summed E-state index contributed by atoms with van der Waals surface area (Å²) in [6, 6.07) is 0. The Morgan fingerprint density at radius 1 is 1.85 bits per heavy atom. The summed E-state index contributed by atoms with van der Waals surface area (Å²) in [6.45, 7) is 1.19. The average molecular weight is 186 g/mol. The SMILES string of the molecule is [N-]=[N+]=NC[C@H]1CN(C(=O)O)CCO1. The van der Waals surface area contributed by atoms with Crippen molar-refractivity contribution in [2.45, 2.75) is 6.10 Å². The van der Waals surface area contributed by atoms with Crippen LogP contribution in [0.15, 0.2) is 5.11 Å². The van der Waals surface area contributed by atoms with Gasteiger partial charge in [0.05, 0.1) is 25.8 Å². The van der Waals surface area contributed by atoms with Crippen molar-refractivity contribution in [2.24, 2.45) is 5.11 Å². The summed E-state index contributed by atoms with van der Waals surface area (Å²) in [4.78, 5) is 14.4. The first-order valence-electron chi connectivity index (χ1n) is 3.84. The molecule has 13 heavy (non-hydrogen) atoms. The standard InChI is InChI=1S/C6H10N4O3/c7-9-8-3-5-4-10(6(11)12)1-2-13-5/h5H,1-4H2,(H,11,12)/t5-/m0/s1. The fourth-order valence-electron chi connectivity index (χ4n) is 1.13. The van der Waals surface area contributed by atoms with Crippen LogP contribution in [0.4, 0.5) is 4.79 Å². The molecule has 0 aromatic heterocycles. The van der Waals surface area contributed by atoms with Gasteiger partial charge in [0.2, 0.25) is 0 Å². The van der Waals surface area contributed by atoms with E-state index < -0.39 is 6.09 Å². The van der Waals surface area contributed by atoms with E-state index in [9.17, 15) is 4.79 Å². The number of rotatable bonds is 2. The second-order valence-corrected chi connectivity index (χ2v) is 2.63. The van der Waals surface area contributed by atoms with E-state index in [0.717, 1.165) is 0 Å². The molecule has 1 aliphatic heterocycles. The molecule has 1 fully saturated rings. The molecule has 0 radical (unpaired) electrons. The van der Waals surface area contributed by atoms with Gasteiger partial charge in [-0.25, -0.2) is 4.79 Å². The Kier molecular flexibility index (Phi) is 3.36.